The summed E-state index contributed by atoms with van der Waals surface area (Å²) in [6, 6.07) is 2.68. The van der Waals surface area contributed by atoms with E-state index in [2.05, 4.69) is 4.72 Å². The first-order chi connectivity index (χ1) is 9.07. The van der Waals surface area contributed by atoms with Crippen molar-refractivity contribution >= 4 is 25.7 Å². The lowest BCUT2D eigenvalue weighted by atomic mass is 10.1. The Kier molecular flexibility index (Phi) is 5.17. The molecule has 0 bridgehead atoms. The van der Waals surface area contributed by atoms with Crippen LogP contribution in [-0.4, -0.2) is 22.6 Å². The molecule has 0 aromatic heterocycles. The first-order valence-electron chi connectivity index (χ1n) is 6.21. The van der Waals surface area contributed by atoms with Crippen molar-refractivity contribution in [2.75, 3.05) is 10.5 Å². The molecule has 0 amide bonds. The maximum Gasteiger partial charge on any atom is 0.238 e. The van der Waals surface area contributed by atoms with Crippen molar-refractivity contribution in [3.8, 4) is 0 Å². The number of unbranched alkanes of at least 4 members (excludes halogenated alkanes) is 1. The highest BCUT2D eigenvalue weighted by Gasteiger charge is 2.16. The second kappa shape index (κ2) is 6.11. The fourth-order valence-electron chi connectivity index (χ4n) is 1.65. The Balaban J connectivity index is 3.22. The molecular weight excluding hydrogens is 300 g/mol. The third-order valence-corrected chi connectivity index (χ3v) is 5.25. The van der Waals surface area contributed by atoms with Crippen LogP contribution in [0.3, 0.4) is 0 Å². The minimum atomic E-state index is -3.87. The van der Waals surface area contributed by atoms with Crippen molar-refractivity contribution in [1.29, 1.82) is 0 Å². The molecule has 0 radical (unpaired) electrons. The summed E-state index contributed by atoms with van der Waals surface area (Å²) in [7, 11) is -7.36. The van der Waals surface area contributed by atoms with Crippen LogP contribution >= 0.6 is 0 Å². The Morgan fingerprint density at radius 3 is 2.25 bits per heavy atom. The fourth-order valence-corrected chi connectivity index (χ4v) is 3.59. The van der Waals surface area contributed by atoms with Crippen LogP contribution in [0.2, 0.25) is 0 Å². The molecule has 0 unspecified atom stereocenters. The highest BCUT2D eigenvalue weighted by Crippen LogP contribution is 2.24. The quantitative estimate of drug-likeness (QED) is 0.828. The van der Waals surface area contributed by atoms with Gasteiger partial charge in [0.1, 0.15) is 0 Å². The Bertz CT molecular complexity index is 694. The van der Waals surface area contributed by atoms with E-state index in [9.17, 15) is 16.8 Å². The lowest BCUT2D eigenvalue weighted by molar-refractivity contribution is 0.595. The van der Waals surface area contributed by atoms with Crippen molar-refractivity contribution in [2.45, 2.75) is 38.5 Å². The van der Waals surface area contributed by atoms with Crippen LogP contribution in [0, 0.1) is 13.8 Å². The van der Waals surface area contributed by atoms with Gasteiger partial charge in [0.2, 0.25) is 20.0 Å². The summed E-state index contributed by atoms with van der Waals surface area (Å²) in [5.41, 5.74) is 1.59. The monoisotopic (exact) mass is 320 g/mol. The molecule has 8 heteroatoms. The molecule has 0 fully saturated rings. The summed E-state index contributed by atoms with van der Waals surface area (Å²) in [5.74, 6) is 0.00158. The topological polar surface area (TPSA) is 106 Å². The number of sulfonamides is 2. The van der Waals surface area contributed by atoms with Gasteiger partial charge in [0, 0.05) is 0 Å². The van der Waals surface area contributed by atoms with Gasteiger partial charge in [-0.2, -0.15) is 0 Å². The Hall–Kier alpha value is -1.12. The molecule has 6 nitrogen and oxygen atoms in total. The average Bonchev–Trinajstić information content (AvgIpc) is 2.30. The first kappa shape index (κ1) is 16.9. The van der Waals surface area contributed by atoms with Gasteiger partial charge in [0.05, 0.1) is 16.3 Å². The third kappa shape index (κ3) is 4.46. The number of nitrogens with two attached hydrogens (primary N) is 1. The summed E-state index contributed by atoms with van der Waals surface area (Å²) in [6.07, 6.45) is 1.30. The van der Waals surface area contributed by atoms with Crippen LogP contribution in [0.1, 0.15) is 30.9 Å². The predicted octanol–water partition coefficient (Wildman–Crippen LogP) is 1.49. The first-order valence-corrected chi connectivity index (χ1v) is 9.41. The zero-order chi connectivity index (χ0) is 15.6. The van der Waals surface area contributed by atoms with Gasteiger partial charge in [-0.1, -0.05) is 13.3 Å². The van der Waals surface area contributed by atoms with Crippen LogP contribution in [0.25, 0.3) is 0 Å². The summed E-state index contributed by atoms with van der Waals surface area (Å²) in [5, 5.41) is 5.08. The number of hydrogen-bond donors (Lipinski definition) is 2. The lowest BCUT2D eigenvalue weighted by Gasteiger charge is -2.13. The molecular formula is C12H20N2O4S2. The number of hydrogen-bond acceptors (Lipinski definition) is 4. The molecule has 1 aromatic carbocycles. The van der Waals surface area contributed by atoms with Gasteiger partial charge in [-0.25, -0.2) is 22.0 Å². The molecule has 0 saturated carbocycles. The largest absolute Gasteiger partial charge is 0.283 e. The van der Waals surface area contributed by atoms with Gasteiger partial charge in [-0.15, -0.1) is 0 Å². The van der Waals surface area contributed by atoms with Gasteiger partial charge >= 0.3 is 0 Å². The maximum atomic E-state index is 11.9. The Morgan fingerprint density at radius 1 is 1.15 bits per heavy atom. The van der Waals surface area contributed by atoms with E-state index in [1.165, 1.54) is 12.1 Å². The van der Waals surface area contributed by atoms with E-state index in [-0.39, 0.29) is 16.3 Å². The van der Waals surface area contributed by atoms with Gasteiger partial charge in [0.25, 0.3) is 0 Å². The molecule has 0 aliphatic carbocycles. The molecule has 20 heavy (non-hydrogen) atoms. The molecule has 1 aromatic rings. The molecule has 0 spiro atoms. The van der Waals surface area contributed by atoms with Crippen LogP contribution < -0.4 is 9.86 Å². The highest BCUT2D eigenvalue weighted by atomic mass is 32.2. The lowest BCUT2D eigenvalue weighted by Crippen LogP contribution is -2.19. The summed E-state index contributed by atoms with van der Waals surface area (Å²) in [6.45, 7) is 5.32. The van der Waals surface area contributed by atoms with Crippen LogP contribution in [0.4, 0.5) is 5.69 Å². The van der Waals surface area contributed by atoms with Crippen LogP contribution in [0.5, 0.6) is 0 Å². The number of benzene rings is 1. The summed E-state index contributed by atoms with van der Waals surface area (Å²) < 4.78 is 49.0. The predicted molar refractivity (Wildman–Crippen MR) is 79.6 cm³/mol. The molecule has 0 atom stereocenters. The van der Waals surface area contributed by atoms with Gasteiger partial charge in [0.15, 0.2) is 0 Å². The summed E-state index contributed by atoms with van der Waals surface area (Å²) in [4.78, 5) is -0.103. The second-order valence-corrected chi connectivity index (χ2v) is 8.14. The normalized spacial score (nSPS) is 12.4. The zero-order valence-electron chi connectivity index (χ0n) is 11.8. The van der Waals surface area contributed by atoms with Gasteiger partial charge < -0.3 is 0 Å². The minimum Gasteiger partial charge on any atom is -0.283 e. The van der Waals surface area contributed by atoms with E-state index in [0.29, 0.717) is 17.5 Å². The molecule has 1 rings (SSSR count). The smallest absolute Gasteiger partial charge is 0.238 e. The van der Waals surface area contributed by atoms with Crippen molar-refractivity contribution in [2.24, 2.45) is 5.14 Å². The van der Waals surface area contributed by atoms with E-state index < -0.39 is 20.0 Å². The number of primary sulfonamides is 1. The van der Waals surface area contributed by atoms with Gasteiger partial charge in [-0.05, 0) is 43.5 Å². The van der Waals surface area contributed by atoms with Gasteiger partial charge in [-0.3, -0.25) is 4.72 Å². The van der Waals surface area contributed by atoms with E-state index in [4.69, 9.17) is 5.14 Å². The zero-order valence-corrected chi connectivity index (χ0v) is 13.4. The molecule has 0 saturated heterocycles. The second-order valence-electron chi connectivity index (χ2n) is 4.73. The number of aryl methyl sites for hydroxylation is 1. The fraction of sp³-hybridized carbons (Fsp3) is 0.500. The molecule has 0 aliphatic heterocycles. The standard InChI is InChI=1S/C12H20N2O4S2/c1-4-5-6-19(15,16)14-12-8-11(20(13,17)18)7-9(2)10(12)3/h7-8,14H,4-6H2,1-3H3,(H2,13,17,18). The highest BCUT2D eigenvalue weighted by molar-refractivity contribution is 7.92. The summed E-state index contributed by atoms with van der Waals surface area (Å²) >= 11 is 0. The van der Waals surface area contributed by atoms with E-state index in [1.807, 2.05) is 6.92 Å². The Labute approximate surface area is 120 Å². The molecule has 0 aliphatic rings. The maximum absolute atomic E-state index is 11.9. The van der Waals surface area contributed by atoms with Crippen molar-refractivity contribution in [3.05, 3.63) is 23.3 Å². The van der Waals surface area contributed by atoms with Crippen molar-refractivity contribution in [1.82, 2.24) is 0 Å². The van der Waals surface area contributed by atoms with Crippen LogP contribution in [0.15, 0.2) is 17.0 Å². The molecule has 3 N–H and O–H groups in total. The van der Waals surface area contributed by atoms with E-state index in [1.54, 1.807) is 13.8 Å². The minimum absolute atomic E-state index is 0.00158. The van der Waals surface area contributed by atoms with E-state index >= 15 is 0 Å². The molecule has 114 valence electrons. The number of anilines is 1. The van der Waals surface area contributed by atoms with E-state index in [0.717, 1.165) is 6.42 Å². The number of rotatable bonds is 6. The third-order valence-electron chi connectivity index (χ3n) is 3.00. The Morgan fingerprint density at radius 2 is 1.75 bits per heavy atom. The molecule has 0 heterocycles. The number of nitrogens with one attached hydrogen (secondary N) is 1. The van der Waals surface area contributed by atoms with Crippen molar-refractivity contribution < 1.29 is 16.8 Å². The SMILES string of the molecule is CCCCS(=O)(=O)Nc1cc(S(N)(=O)=O)cc(C)c1C. The average molecular weight is 320 g/mol. The van der Waals surface area contributed by atoms with Crippen LogP contribution in [-0.2, 0) is 20.0 Å². The van der Waals surface area contributed by atoms with Crippen molar-refractivity contribution in [3.63, 3.8) is 0 Å².